The molecule has 138 valence electrons. The lowest BCUT2D eigenvalue weighted by molar-refractivity contribution is -0.126. The zero-order chi connectivity index (χ0) is 18.4. The summed E-state index contributed by atoms with van der Waals surface area (Å²) in [4.78, 5) is 26.9. The topological polar surface area (TPSA) is 71.8 Å². The van der Waals surface area contributed by atoms with Crippen molar-refractivity contribution in [3.63, 3.8) is 0 Å². The van der Waals surface area contributed by atoms with Gasteiger partial charge < -0.3 is 19.4 Å². The van der Waals surface area contributed by atoms with Crippen molar-refractivity contribution in [3.05, 3.63) is 59.5 Å². The van der Waals surface area contributed by atoms with E-state index >= 15 is 0 Å². The Morgan fingerprint density at radius 1 is 1.19 bits per heavy atom. The molecule has 6 nitrogen and oxygen atoms in total. The first kappa shape index (κ1) is 18.2. The Labute approximate surface area is 153 Å². The van der Waals surface area contributed by atoms with Crippen molar-refractivity contribution in [2.75, 3.05) is 13.7 Å². The van der Waals surface area contributed by atoms with Gasteiger partial charge in [0.1, 0.15) is 6.04 Å². The highest BCUT2D eigenvalue weighted by atomic mass is 16.5. The van der Waals surface area contributed by atoms with E-state index < -0.39 is 6.04 Å². The van der Waals surface area contributed by atoms with Gasteiger partial charge in [-0.25, -0.2) is 0 Å². The third-order valence-corrected chi connectivity index (χ3v) is 4.60. The fraction of sp³-hybridized carbons (Fsp3) is 0.400. The zero-order valence-corrected chi connectivity index (χ0v) is 14.9. The second-order valence-corrected chi connectivity index (χ2v) is 6.45. The van der Waals surface area contributed by atoms with E-state index in [0.29, 0.717) is 26.1 Å². The van der Waals surface area contributed by atoms with Crippen LogP contribution in [0.5, 0.6) is 0 Å². The highest BCUT2D eigenvalue weighted by molar-refractivity contribution is 5.95. The van der Waals surface area contributed by atoms with Crippen LogP contribution in [0, 0.1) is 0 Å². The third kappa shape index (κ3) is 4.32. The summed E-state index contributed by atoms with van der Waals surface area (Å²) in [5, 5.41) is 2.96. The van der Waals surface area contributed by atoms with Gasteiger partial charge in [0.05, 0.1) is 12.9 Å². The highest BCUT2D eigenvalue weighted by Crippen LogP contribution is 2.20. The number of furan rings is 1. The molecule has 3 rings (SSSR count). The summed E-state index contributed by atoms with van der Waals surface area (Å²) in [5.74, 6) is -0.0669. The van der Waals surface area contributed by atoms with Crippen LogP contribution < -0.4 is 5.32 Å². The van der Waals surface area contributed by atoms with Crippen LogP contribution in [0.4, 0.5) is 0 Å². The molecule has 0 spiro atoms. The number of likely N-dealkylation sites (tertiary alicyclic amines) is 1. The number of hydrogen-bond donors (Lipinski definition) is 1. The summed E-state index contributed by atoms with van der Waals surface area (Å²) in [6, 6.07) is 10.8. The Kier molecular flexibility index (Phi) is 6.07. The van der Waals surface area contributed by atoms with E-state index in [2.05, 4.69) is 5.32 Å². The Hall–Kier alpha value is -2.60. The molecule has 1 saturated heterocycles. The van der Waals surface area contributed by atoms with Gasteiger partial charge in [-0.1, -0.05) is 24.3 Å². The molecular weight excluding hydrogens is 332 g/mol. The van der Waals surface area contributed by atoms with Crippen molar-refractivity contribution in [1.82, 2.24) is 10.2 Å². The van der Waals surface area contributed by atoms with Crippen molar-refractivity contribution < 1.29 is 18.7 Å². The van der Waals surface area contributed by atoms with Gasteiger partial charge in [0.25, 0.3) is 5.91 Å². The van der Waals surface area contributed by atoms with Crippen LogP contribution in [0.2, 0.25) is 0 Å². The van der Waals surface area contributed by atoms with E-state index in [-0.39, 0.29) is 17.6 Å². The molecule has 1 aliphatic heterocycles. The van der Waals surface area contributed by atoms with Gasteiger partial charge in [0.2, 0.25) is 5.91 Å². The van der Waals surface area contributed by atoms with Crippen LogP contribution in [-0.4, -0.2) is 36.4 Å². The van der Waals surface area contributed by atoms with E-state index in [1.54, 1.807) is 24.1 Å². The Morgan fingerprint density at radius 3 is 2.65 bits per heavy atom. The van der Waals surface area contributed by atoms with Crippen molar-refractivity contribution in [1.29, 1.82) is 0 Å². The summed E-state index contributed by atoms with van der Waals surface area (Å²) in [5.41, 5.74) is 2.10. The minimum atomic E-state index is -0.450. The molecular formula is C20H24N2O4. The maximum absolute atomic E-state index is 12.7. The van der Waals surface area contributed by atoms with Crippen LogP contribution in [-0.2, 0) is 22.7 Å². The van der Waals surface area contributed by atoms with Crippen LogP contribution in [0.25, 0.3) is 0 Å². The number of rotatable bonds is 6. The second kappa shape index (κ2) is 8.67. The molecule has 2 amide bonds. The third-order valence-electron chi connectivity index (χ3n) is 4.60. The largest absolute Gasteiger partial charge is 0.459 e. The molecule has 1 aromatic heterocycles. The number of benzene rings is 1. The smallest absolute Gasteiger partial charge is 0.290 e. The Balaban J connectivity index is 1.60. The zero-order valence-electron chi connectivity index (χ0n) is 14.9. The van der Waals surface area contributed by atoms with E-state index in [1.165, 1.54) is 6.26 Å². The van der Waals surface area contributed by atoms with E-state index in [1.807, 2.05) is 24.3 Å². The fourth-order valence-corrected chi connectivity index (χ4v) is 3.22. The number of methoxy groups -OCH3 is 1. The maximum Gasteiger partial charge on any atom is 0.290 e. The van der Waals surface area contributed by atoms with Gasteiger partial charge in [-0.15, -0.1) is 0 Å². The number of nitrogens with one attached hydrogen (secondary N) is 1. The Bertz CT molecular complexity index is 725. The number of ether oxygens (including phenoxy) is 1. The normalized spacial score (nSPS) is 17.1. The lowest BCUT2D eigenvalue weighted by atomic mass is 10.0. The average molecular weight is 356 g/mol. The number of amides is 2. The first-order chi connectivity index (χ1) is 12.7. The van der Waals surface area contributed by atoms with Crippen molar-refractivity contribution >= 4 is 11.8 Å². The summed E-state index contributed by atoms with van der Waals surface area (Å²) in [6.45, 7) is 1.58. The van der Waals surface area contributed by atoms with E-state index in [4.69, 9.17) is 9.15 Å². The molecule has 1 atom stereocenters. The molecule has 6 heteroatoms. The first-order valence-electron chi connectivity index (χ1n) is 8.88. The second-order valence-electron chi connectivity index (χ2n) is 6.45. The van der Waals surface area contributed by atoms with Gasteiger partial charge in [0.15, 0.2) is 5.76 Å². The van der Waals surface area contributed by atoms with Gasteiger partial charge in [-0.3, -0.25) is 9.59 Å². The highest BCUT2D eigenvalue weighted by Gasteiger charge is 2.33. The molecule has 2 heterocycles. The minimum absolute atomic E-state index is 0.120. The lowest BCUT2D eigenvalue weighted by Gasteiger charge is -2.34. The minimum Gasteiger partial charge on any atom is -0.459 e. The fourth-order valence-electron chi connectivity index (χ4n) is 3.22. The van der Waals surface area contributed by atoms with Gasteiger partial charge in [0, 0.05) is 20.2 Å². The Morgan fingerprint density at radius 2 is 1.96 bits per heavy atom. The number of carbonyl (C=O) groups excluding carboxylic acids is 2. The molecule has 1 aliphatic rings. The van der Waals surface area contributed by atoms with Crippen molar-refractivity contribution in [3.8, 4) is 0 Å². The van der Waals surface area contributed by atoms with Gasteiger partial charge in [-0.2, -0.15) is 0 Å². The van der Waals surface area contributed by atoms with E-state index in [0.717, 1.165) is 24.0 Å². The summed E-state index contributed by atoms with van der Waals surface area (Å²) < 4.78 is 10.3. The molecule has 1 unspecified atom stereocenters. The molecule has 2 aromatic rings. The average Bonchev–Trinajstić information content (AvgIpc) is 3.22. The standard InChI is InChI=1S/C20H24N2O4/c1-25-14-16-9-7-15(8-10-16)13-21-19(23)17-5-2-3-11-22(17)20(24)18-6-4-12-26-18/h4,6-10,12,17H,2-3,5,11,13-14H2,1H3,(H,21,23). The van der Waals surface area contributed by atoms with Crippen LogP contribution in [0.1, 0.15) is 40.9 Å². The number of carbonyl (C=O) groups is 2. The first-order valence-corrected chi connectivity index (χ1v) is 8.88. The van der Waals surface area contributed by atoms with E-state index in [9.17, 15) is 9.59 Å². The predicted molar refractivity (Wildman–Crippen MR) is 96.4 cm³/mol. The molecule has 0 radical (unpaired) electrons. The van der Waals surface area contributed by atoms with Gasteiger partial charge in [-0.05, 0) is 42.5 Å². The number of nitrogens with zero attached hydrogens (tertiary/aromatic N) is 1. The van der Waals surface area contributed by atoms with Crippen molar-refractivity contribution in [2.24, 2.45) is 0 Å². The molecule has 1 aromatic carbocycles. The molecule has 26 heavy (non-hydrogen) atoms. The summed E-state index contributed by atoms with van der Waals surface area (Å²) in [7, 11) is 1.66. The van der Waals surface area contributed by atoms with Crippen molar-refractivity contribution in [2.45, 2.75) is 38.5 Å². The summed E-state index contributed by atoms with van der Waals surface area (Å²) >= 11 is 0. The SMILES string of the molecule is COCc1ccc(CNC(=O)C2CCCCN2C(=O)c2ccco2)cc1. The molecule has 1 N–H and O–H groups in total. The van der Waals surface area contributed by atoms with Crippen LogP contribution in [0.3, 0.4) is 0 Å². The van der Waals surface area contributed by atoms with Crippen LogP contribution >= 0.6 is 0 Å². The van der Waals surface area contributed by atoms with Crippen LogP contribution in [0.15, 0.2) is 47.1 Å². The monoisotopic (exact) mass is 356 g/mol. The molecule has 0 saturated carbocycles. The molecule has 1 fully saturated rings. The quantitative estimate of drug-likeness (QED) is 0.864. The maximum atomic E-state index is 12.7. The molecule has 0 aliphatic carbocycles. The molecule has 0 bridgehead atoms. The number of piperidine rings is 1. The number of hydrogen-bond acceptors (Lipinski definition) is 4. The summed E-state index contributed by atoms with van der Waals surface area (Å²) in [6.07, 6.45) is 3.98. The predicted octanol–water partition coefficient (Wildman–Crippen LogP) is 2.74. The lowest BCUT2D eigenvalue weighted by Crippen LogP contribution is -2.51. The van der Waals surface area contributed by atoms with Gasteiger partial charge >= 0.3 is 0 Å².